The van der Waals surface area contributed by atoms with Gasteiger partial charge in [-0.25, -0.2) is 9.97 Å². The van der Waals surface area contributed by atoms with Crippen LogP contribution in [0.15, 0.2) is 48.5 Å². The van der Waals surface area contributed by atoms with E-state index < -0.39 is 23.0 Å². The van der Waals surface area contributed by atoms with Crippen LogP contribution in [0.4, 0.5) is 0 Å². The number of aromatic amines is 2. The van der Waals surface area contributed by atoms with Crippen LogP contribution in [0.3, 0.4) is 0 Å². The highest BCUT2D eigenvalue weighted by atomic mass is 16.3. The van der Waals surface area contributed by atoms with Gasteiger partial charge in [-0.2, -0.15) is 0 Å². The zero-order valence-corrected chi connectivity index (χ0v) is 17.6. The summed E-state index contributed by atoms with van der Waals surface area (Å²) in [5.41, 5.74) is 6.41. The first-order valence-corrected chi connectivity index (χ1v) is 10.5. The Morgan fingerprint density at radius 1 is 0.559 bits per heavy atom. The zero-order chi connectivity index (χ0) is 23.4. The maximum Gasteiger partial charge on any atom is 0.204 e. The van der Waals surface area contributed by atoms with Crippen molar-refractivity contribution in [3.63, 3.8) is 0 Å². The van der Waals surface area contributed by atoms with Gasteiger partial charge in [0.2, 0.25) is 11.5 Å². The molecule has 5 heterocycles. The van der Waals surface area contributed by atoms with E-state index in [4.69, 9.17) is 4.98 Å². The van der Waals surface area contributed by atoms with Crippen molar-refractivity contribution in [3.8, 4) is 34.1 Å². The average molecular weight is 450 g/mol. The number of H-pyrrole nitrogens is 2. The minimum atomic E-state index is -0.810. The second-order valence-corrected chi connectivity index (χ2v) is 8.04. The number of fused-ring (bicyclic) bond motifs is 8. The molecule has 3 aromatic heterocycles. The summed E-state index contributed by atoms with van der Waals surface area (Å²) >= 11 is 0. The van der Waals surface area contributed by atoms with Crippen LogP contribution in [0.5, 0.6) is 23.0 Å². The highest BCUT2D eigenvalue weighted by molar-refractivity contribution is 5.94. The molecular formula is C26H18N4O4. The van der Waals surface area contributed by atoms with Crippen LogP contribution in [-0.2, 0) is 0 Å². The van der Waals surface area contributed by atoms with Gasteiger partial charge < -0.3 is 30.4 Å². The van der Waals surface area contributed by atoms with Gasteiger partial charge in [-0.15, -0.1) is 0 Å². The van der Waals surface area contributed by atoms with E-state index in [-0.39, 0.29) is 5.56 Å². The number of aromatic hydroxyl groups is 4. The Kier molecular flexibility index (Phi) is 4.21. The van der Waals surface area contributed by atoms with Crippen LogP contribution in [0.25, 0.3) is 57.5 Å². The molecule has 8 bridgehead atoms. The first-order valence-electron chi connectivity index (χ1n) is 10.5. The van der Waals surface area contributed by atoms with Crippen molar-refractivity contribution in [1.82, 2.24) is 19.9 Å². The Morgan fingerprint density at radius 2 is 1.15 bits per heavy atom. The Hall–Kier alpha value is -4.98. The molecule has 0 amide bonds. The first-order chi connectivity index (χ1) is 16.4. The smallest absolute Gasteiger partial charge is 0.204 e. The highest BCUT2D eigenvalue weighted by Gasteiger charge is 2.21. The molecule has 2 aliphatic heterocycles. The molecule has 0 saturated heterocycles. The lowest BCUT2D eigenvalue weighted by Crippen LogP contribution is -1.87. The number of nitrogens with one attached hydrogen (secondary N) is 2. The molecule has 0 atom stereocenters. The van der Waals surface area contributed by atoms with E-state index >= 15 is 0 Å². The Balaban J connectivity index is 1.74. The van der Waals surface area contributed by atoms with Crippen molar-refractivity contribution in [2.24, 2.45) is 0 Å². The summed E-state index contributed by atoms with van der Waals surface area (Å²) in [7, 11) is 0. The quantitative estimate of drug-likeness (QED) is 0.151. The highest BCUT2D eigenvalue weighted by Crippen LogP contribution is 2.49. The van der Waals surface area contributed by atoms with Crippen LogP contribution in [0, 0.1) is 0 Å². The van der Waals surface area contributed by atoms with E-state index in [9.17, 15) is 20.4 Å². The van der Waals surface area contributed by atoms with E-state index in [0.717, 1.165) is 27.9 Å². The molecular weight excluding hydrogens is 432 g/mol. The summed E-state index contributed by atoms with van der Waals surface area (Å²) in [6, 6.07) is 14.5. The molecule has 166 valence electrons. The molecule has 2 aliphatic rings. The summed E-state index contributed by atoms with van der Waals surface area (Å²) < 4.78 is 0. The molecule has 8 nitrogen and oxygen atoms in total. The van der Waals surface area contributed by atoms with E-state index in [1.165, 1.54) is 6.07 Å². The molecule has 34 heavy (non-hydrogen) atoms. The van der Waals surface area contributed by atoms with Gasteiger partial charge in [0.05, 0.1) is 22.8 Å². The molecule has 0 unspecified atom stereocenters. The molecule has 4 aromatic rings. The number of phenols is 4. The lowest BCUT2D eigenvalue weighted by molar-refractivity contribution is 0.347. The summed E-state index contributed by atoms with van der Waals surface area (Å²) in [6.07, 6.45) is 7.46. The predicted molar refractivity (Wildman–Crippen MR) is 131 cm³/mol. The number of benzene rings is 1. The molecule has 6 N–H and O–H groups in total. The molecule has 0 aliphatic carbocycles. The minimum absolute atomic E-state index is 0.109. The summed E-state index contributed by atoms with van der Waals surface area (Å²) in [4.78, 5) is 15.9. The maximum absolute atomic E-state index is 10.6. The second-order valence-electron chi connectivity index (χ2n) is 8.04. The number of aromatic nitrogens is 4. The molecule has 1 aromatic carbocycles. The summed E-state index contributed by atoms with van der Waals surface area (Å²) in [6.45, 7) is 0. The SMILES string of the molecule is Oc1cc(-c2c3nc(cc4ccc(cc5nc(cc6ccc2[nH]6)C=C5)[nH]4)C=C3)c(O)c(O)c1O. The van der Waals surface area contributed by atoms with Gasteiger partial charge in [0.25, 0.3) is 0 Å². The molecule has 0 fully saturated rings. The normalized spacial score (nSPS) is 12.4. The zero-order valence-electron chi connectivity index (χ0n) is 17.6. The first kappa shape index (κ1) is 19.7. The van der Waals surface area contributed by atoms with Crippen LogP contribution >= 0.6 is 0 Å². The predicted octanol–water partition coefficient (Wildman–Crippen LogP) is 5.15. The van der Waals surface area contributed by atoms with Crippen molar-refractivity contribution >= 4 is 46.4 Å². The second kappa shape index (κ2) is 7.28. The van der Waals surface area contributed by atoms with Crippen molar-refractivity contribution in [3.05, 3.63) is 71.3 Å². The lowest BCUT2D eigenvalue weighted by atomic mass is 10.0. The molecule has 0 radical (unpaired) electrons. The Labute approximate surface area is 192 Å². The van der Waals surface area contributed by atoms with Gasteiger partial charge in [0.1, 0.15) is 0 Å². The number of hydrogen-bond acceptors (Lipinski definition) is 6. The van der Waals surface area contributed by atoms with Crippen LogP contribution < -0.4 is 0 Å². The van der Waals surface area contributed by atoms with Crippen LogP contribution in [0.1, 0.15) is 22.8 Å². The van der Waals surface area contributed by atoms with E-state index in [2.05, 4.69) is 15.0 Å². The van der Waals surface area contributed by atoms with Gasteiger partial charge >= 0.3 is 0 Å². The molecule has 0 saturated carbocycles. The molecule has 0 spiro atoms. The molecule has 8 heteroatoms. The van der Waals surface area contributed by atoms with Gasteiger partial charge in [-0.05, 0) is 72.8 Å². The van der Waals surface area contributed by atoms with E-state index in [0.29, 0.717) is 22.5 Å². The van der Waals surface area contributed by atoms with Crippen molar-refractivity contribution in [2.75, 3.05) is 0 Å². The Bertz CT molecular complexity index is 1710. The fourth-order valence-corrected chi connectivity index (χ4v) is 4.12. The fourth-order valence-electron chi connectivity index (χ4n) is 4.12. The van der Waals surface area contributed by atoms with Crippen LogP contribution in [-0.4, -0.2) is 40.4 Å². The van der Waals surface area contributed by atoms with Crippen molar-refractivity contribution in [1.29, 1.82) is 0 Å². The van der Waals surface area contributed by atoms with Gasteiger partial charge in [0.15, 0.2) is 11.5 Å². The van der Waals surface area contributed by atoms with Gasteiger partial charge in [-0.1, -0.05) is 0 Å². The standard InChI is InChI=1S/C26H18N4O4/c31-22-12-19(24(32)26(34)25(22)33)23-20-7-5-17(29-20)10-15-3-1-13(27-15)9-14-2-4-16(28-14)11-18-6-8-21(23)30-18/h1-12,27,30-34H. The fraction of sp³-hybridized carbons (Fsp3) is 0. The largest absolute Gasteiger partial charge is 0.504 e. The summed E-state index contributed by atoms with van der Waals surface area (Å²) in [5, 5.41) is 40.8. The maximum atomic E-state index is 10.6. The number of hydrogen-bond donors (Lipinski definition) is 6. The van der Waals surface area contributed by atoms with Crippen molar-refractivity contribution in [2.45, 2.75) is 0 Å². The number of phenolic OH excluding ortho intramolecular Hbond substituents is 4. The molecule has 6 rings (SSSR count). The lowest BCUT2D eigenvalue weighted by Gasteiger charge is -2.10. The van der Waals surface area contributed by atoms with E-state index in [1.54, 1.807) is 6.08 Å². The number of rotatable bonds is 1. The summed E-state index contributed by atoms with van der Waals surface area (Å²) in [5.74, 6) is -2.74. The van der Waals surface area contributed by atoms with Gasteiger partial charge in [0, 0.05) is 33.2 Å². The Morgan fingerprint density at radius 3 is 1.85 bits per heavy atom. The van der Waals surface area contributed by atoms with E-state index in [1.807, 2.05) is 60.7 Å². The third-order valence-electron chi connectivity index (χ3n) is 5.72. The minimum Gasteiger partial charge on any atom is -0.504 e. The topological polar surface area (TPSA) is 138 Å². The monoisotopic (exact) mass is 450 g/mol. The van der Waals surface area contributed by atoms with Crippen LogP contribution in [0.2, 0.25) is 0 Å². The van der Waals surface area contributed by atoms with Gasteiger partial charge in [-0.3, -0.25) is 0 Å². The third kappa shape index (κ3) is 3.25. The number of nitrogens with zero attached hydrogens (tertiary/aromatic N) is 2. The average Bonchev–Trinajstić information content (AvgIpc) is 3.61. The third-order valence-corrected chi connectivity index (χ3v) is 5.72. The van der Waals surface area contributed by atoms with Crippen molar-refractivity contribution < 1.29 is 20.4 Å².